The van der Waals surface area contributed by atoms with Crippen molar-refractivity contribution in [3.05, 3.63) is 74.8 Å². The van der Waals surface area contributed by atoms with Crippen LogP contribution >= 0.6 is 11.6 Å². The van der Waals surface area contributed by atoms with E-state index >= 15 is 0 Å². The van der Waals surface area contributed by atoms with Gasteiger partial charge in [-0.15, -0.1) is 0 Å². The molecule has 8 heteroatoms. The normalized spacial score (nSPS) is 12.9. The van der Waals surface area contributed by atoms with Crippen LogP contribution in [-0.2, 0) is 4.79 Å². The molecule has 2 amide bonds. The molecular formula is C20H22ClN3O4. The molecule has 2 aromatic carbocycles. The van der Waals surface area contributed by atoms with Crippen LogP contribution in [0.4, 0.5) is 5.69 Å². The van der Waals surface area contributed by atoms with Crippen LogP contribution in [0.2, 0.25) is 5.02 Å². The lowest BCUT2D eigenvalue weighted by molar-refractivity contribution is -0.384. The molecule has 0 aliphatic heterocycles. The number of halogens is 1. The summed E-state index contributed by atoms with van der Waals surface area (Å²) in [5.74, 6) is -1.07. The molecule has 0 bridgehead atoms. The predicted octanol–water partition coefficient (Wildman–Crippen LogP) is 3.88. The van der Waals surface area contributed by atoms with E-state index < -0.39 is 16.9 Å². The van der Waals surface area contributed by atoms with Crippen molar-refractivity contribution in [2.75, 3.05) is 0 Å². The Hall–Kier alpha value is -2.93. The van der Waals surface area contributed by atoms with Crippen LogP contribution in [0, 0.1) is 16.0 Å². The van der Waals surface area contributed by atoms with E-state index in [2.05, 4.69) is 10.6 Å². The Morgan fingerprint density at radius 1 is 1.04 bits per heavy atom. The van der Waals surface area contributed by atoms with Gasteiger partial charge in [-0.1, -0.05) is 55.8 Å². The maximum Gasteiger partial charge on any atom is 0.270 e. The number of carbonyl (C=O) groups is 2. The Kier molecular flexibility index (Phi) is 7.12. The minimum atomic E-state index is -0.787. The Labute approximate surface area is 168 Å². The molecule has 0 heterocycles. The number of hydrogen-bond acceptors (Lipinski definition) is 4. The van der Waals surface area contributed by atoms with Gasteiger partial charge >= 0.3 is 0 Å². The van der Waals surface area contributed by atoms with E-state index in [1.54, 1.807) is 0 Å². The third-order valence-electron chi connectivity index (χ3n) is 4.30. The van der Waals surface area contributed by atoms with Crippen LogP contribution in [-0.4, -0.2) is 22.8 Å². The summed E-state index contributed by atoms with van der Waals surface area (Å²) in [6, 6.07) is 12.0. The summed E-state index contributed by atoms with van der Waals surface area (Å²) >= 11 is 6.01. The number of benzene rings is 2. The SMILES string of the molecule is CC(NC(=O)C(NC(=O)c1ccc([N+](=O)[O-])cc1Cl)C(C)C)c1ccccc1. The maximum absolute atomic E-state index is 12.7. The smallest absolute Gasteiger partial charge is 0.270 e. The first-order valence-corrected chi connectivity index (χ1v) is 9.18. The molecule has 2 atom stereocenters. The standard InChI is InChI=1S/C20H22ClN3O4/c1-12(2)18(20(26)22-13(3)14-7-5-4-6-8-14)23-19(25)16-10-9-15(24(27)28)11-17(16)21/h4-13,18H,1-3H3,(H,22,26)(H,23,25). The Morgan fingerprint density at radius 2 is 1.68 bits per heavy atom. The van der Waals surface area contributed by atoms with Crippen molar-refractivity contribution in [1.29, 1.82) is 0 Å². The van der Waals surface area contributed by atoms with E-state index in [0.717, 1.165) is 11.6 Å². The molecule has 2 unspecified atom stereocenters. The highest BCUT2D eigenvalue weighted by atomic mass is 35.5. The van der Waals surface area contributed by atoms with Gasteiger partial charge in [0, 0.05) is 12.1 Å². The molecule has 0 aromatic heterocycles. The highest BCUT2D eigenvalue weighted by Crippen LogP contribution is 2.23. The third kappa shape index (κ3) is 5.29. The van der Waals surface area contributed by atoms with Crippen molar-refractivity contribution in [2.45, 2.75) is 32.9 Å². The fraction of sp³-hybridized carbons (Fsp3) is 0.300. The summed E-state index contributed by atoms with van der Waals surface area (Å²) in [6.07, 6.45) is 0. The zero-order chi connectivity index (χ0) is 20.8. The average Bonchev–Trinajstić information content (AvgIpc) is 2.65. The van der Waals surface area contributed by atoms with E-state index in [1.165, 1.54) is 12.1 Å². The van der Waals surface area contributed by atoms with Crippen LogP contribution in [0.3, 0.4) is 0 Å². The quantitative estimate of drug-likeness (QED) is 0.541. The maximum atomic E-state index is 12.7. The zero-order valence-electron chi connectivity index (χ0n) is 15.8. The number of nitro benzene ring substituents is 1. The number of non-ortho nitro benzene ring substituents is 1. The number of nitrogens with zero attached hydrogens (tertiary/aromatic N) is 1. The van der Waals surface area contributed by atoms with Gasteiger partial charge < -0.3 is 10.6 Å². The van der Waals surface area contributed by atoms with Gasteiger partial charge in [0.1, 0.15) is 6.04 Å². The van der Waals surface area contributed by atoms with E-state index in [9.17, 15) is 19.7 Å². The molecule has 2 rings (SSSR count). The Balaban J connectivity index is 2.12. The molecule has 7 nitrogen and oxygen atoms in total. The van der Waals surface area contributed by atoms with Gasteiger partial charge in [-0.2, -0.15) is 0 Å². The summed E-state index contributed by atoms with van der Waals surface area (Å²) < 4.78 is 0. The first-order valence-electron chi connectivity index (χ1n) is 8.80. The number of amides is 2. The molecule has 2 N–H and O–H groups in total. The van der Waals surface area contributed by atoms with Crippen molar-refractivity contribution in [2.24, 2.45) is 5.92 Å². The van der Waals surface area contributed by atoms with Crippen LogP contribution in [0.5, 0.6) is 0 Å². The average molecular weight is 404 g/mol. The van der Waals surface area contributed by atoms with Gasteiger partial charge in [0.05, 0.1) is 21.6 Å². The second-order valence-electron chi connectivity index (χ2n) is 6.76. The number of nitro groups is 1. The van der Waals surface area contributed by atoms with E-state index in [-0.39, 0.29) is 34.1 Å². The topological polar surface area (TPSA) is 101 Å². The summed E-state index contributed by atoms with van der Waals surface area (Å²) in [6.45, 7) is 5.49. The van der Waals surface area contributed by atoms with Crippen LogP contribution in [0.25, 0.3) is 0 Å². The summed E-state index contributed by atoms with van der Waals surface area (Å²) in [7, 11) is 0. The molecule has 2 aromatic rings. The second-order valence-corrected chi connectivity index (χ2v) is 7.16. The monoisotopic (exact) mass is 403 g/mol. The first kappa shape index (κ1) is 21.4. The van der Waals surface area contributed by atoms with E-state index in [0.29, 0.717) is 0 Å². The van der Waals surface area contributed by atoms with Gasteiger partial charge in [-0.3, -0.25) is 19.7 Å². The van der Waals surface area contributed by atoms with Crippen molar-refractivity contribution in [3.63, 3.8) is 0 Å². The van der Waals surface area contributed by atoms with Gasteiger partial charge in [0.15, 0.2) is 0 Å². The molecule has 0 radical (unpaired) electrons. The molecule has 0 aliphatic rings. The molecule has 0 saturated heterocycles. The molecule has 0 fully saturated rings. The molecule has 0 aliphatic carbocycles. The molecule has 148 valence electrons. The van der Waals surface area contributed by atoms with Gasteiger partial charge in [0.25, 0.3) is 11.6 Å². The third-order valence-corrected chi connectivity index (χ3v) is 4.61. The van der Waals surface area contributed by atoms with Crippen molar-refractivity contribution in [3.8, 4) is 0 Å². The number of nitrogens with one attached hydrogen (secondary N) is 2. The van der Waals surface area contributed by atoms with E-state index in [4.69, 9.17) is 11.6 Å². The minimum Gasteiger partial charge on any atom is -0.348 e. The van der Waals surface area contributed by atoms with E-state index in [1.807, 2.05) is 51.1 Å². The first-order chi connectivity index (χ1) is 13.2. The molecule has 28 heavy (non-hydrogen) atoms. The Bertz CT molecular complexity index is 871. The molecule has 0 saturated carbocycles. The summed E-state index contributed by atoms with van der Waals surface area (Å²) in [5.41, 5.74) is 0.807. The van der Waals surface area contributed by atoms with Crippen LogP contribution < -0.4 is 10.6 Å². The van der Waals surface area contributed by atoms with Crippen LogP contribution in [0.1, 0.15) is 42.7 Å². The number of hydrogen-bond donors (Lipinski definition) is 2. The minimum absolute atomic E-state index is 0.0488. The highest BCUT2D eigenvalue weighted by Gasteiger charge is 2.27. The fourth-order valence-electron chi connectivity index (χ4n) is 2.68. The summed E-state index contributed by atoms with van der Waals surface area (Å²) in [5, 5.41) is 16.3. The van der Waals surface area contributed by atoms with Crippen molar-refractivity contribution in [1.82, 2.24) is 10.6 Å². The van der Waals surface area contributed by atoms with Crippen molar-refractivity contribution >= 4 is 29.1 Å². The summed E-state index contributed by atoms with van der Waals surface area (Å²) in [4.78, 5) is 35.5. The predicted molar refractivity (Wildman–Crippen MR) is 107 cm³/mol. The lowest BCUT2D eigenvalue weighted by atomic mass is 10.0. The fourth-order valence-corrected chi connectivity index (χ4v) is 2.94. The second kappa shape index (κ2) is 9.32. The Morgan fingerprint density at radius 3 is 2.21 bits per heavy atom. The number of carbonyl (C=O) groups excluding carboxylic acids is 2. The van der Waals surface area contributed by atoms with Gasteiger partial charge in [-0.25, -0.2) is 0 Å². The zero-order valence-corrected chi connectivity index (χ0v) is 16.6. The molecule has 0 spiro atoms. The van der Waals surface area contributed by atoms with Crippen molar-refractivity contribution < 1.29 is 14.5 Å². The van der Waals surface area contributed by atoms with Crippen LogP contribution in [0.15, 0.2) is 48.5 Å². The number of rotatable bonds is 7. The molecular weight excluding hydrogens is 382 g/mol. The lowest BCUT2D eigenvalue weighted by Crippen LogP contribution is -2.50. The lowest BCUT2D eigenvalue weighted by Gasteiger charge is -2.24. The largest absolute Gasteiger partial charge is 0.348 e. The highest BCUT2D eigenvalue weighted by molar-refractivity contribution is 6.34. The van der Waals surface area contributed by atoms with Gasteiger partial charge in [0.2, 0.25) is 5.91 Å². The van der Waals surface area contributed by atoms with Gasteiger partial charge in [-0.05, 0) is 24.5 Å².